The summed E-state index contributed by atoms with van der Waals surface area (Å²) in [6, 6.07) is -1.47. The van der Waals surface area contributed by atoms with Crippen molar-refractivity contribution < 1.29 is 19.5 Å². The van der Waals surface area contributed by atoms with E-state index in [0.717, 1.165) is 0 Å². The Bertz CT molecular complexity index is 316. The molecule has 0 aromatic heterocycles. The molecule has 3 amide bonds. The molecule has 0 saturated heterocycles. The van der Waals surface area contributed by atoms with E-state index in [1.165, 1.54) is 0 Å². The Labute approximate surface area is 113 Å². The van der Waals surface area contributed by atoms with Gasteiger partial charge in [0.05, 0.1) is 0 Å². The molecule has 0 fully saturated rings. The van der Waals surface area contributed by atoms with E-state index in [9.17, 15) is 14.4 Å². The van der Waals surface area contributed by atoms with Gasteiger partial charge < -0.3 is 20.6 Å². The number of urea groups is 1. The van der Waals surface area contributed by atoms with Gasteiger partial charge in [-0.2, -0.15) is 0 Å². The first-order chi connectivity index (χ1) is 8.96. The molecule has 0 heterocycles. The quantitative estimate of drug-likeness (QED) is 0.596. The first-order valence-corrected chi connectivity index (χ1v) is 6.51. The SMILES string of the molecule is CC[C@@H](NC(=O)NCCC(=O)N(CC)CC)C(=O)O. The molecule has 0 spiro atoms. The van der Waals surface area contributed by atoms with Crippen LogP contribution in [0.25, 0.3) is 0 Å². The molecule has 0 bridgehead atoms. The molecule has 0 rings (SSSR count). The van der Waals surface area contributed by atoms with Crippen molar-refractivity contribution in [1.29, 1.82) is 0 Å². The molecule has 7 heteroatoms. The van der Waals surface area contributed by atoms with Crippen LogP contribution in [0.3, 0.4) is 0 Å². The molecule has 0 aromatic carbocycles. The Hall–Kier alpha value is -1.79. The summed E-state index contributed by atoms with van der Waals surface area (Å²) >= 11 is 0. The highest BCUT2D eigenvalue weighted by atomic mass is 16.4. The van der Waals surface area contributed by atoms with Gasteiger partial charge in [0, 0.05) is 26.1 Å². The van der Waals surface area contributed by atoms with Crippen LogP contribution >= 0.6 is 0 Å². The second-order valence-electron chi connectivity index (χ2n) is 4.02. The Kier molecular flexibility index (Phi) is 8.32. The lowest BCUT2D eigenvalue weighted by molar-refractivity contribution is -0.139. The number of aliphatic carboxylic acids is 1. The summed E-state index contributed by atoms with van der Waals surface area (Å²) < 4.78 is 0. The summed E-state index contributed by atoms with van der Waals surface area (Å²) in [5.41, 5.74) is 0. The number of hydrogen-bond acceptors (Lipinski definition) is 3. The van der Waals surface area contributed by atoms with E-state index in [1.807, 2.05) is 13.8 Å². The summed E-state index contributed by atoms with van der Waals surface area (Å²) in [5, 5.41) is 13.6. The molecule has 19 heavy (non-hydrogen) atoms. The maximum absolute atomic E-state index is 11.6. The summed E-state index contributed by atoms with van der Waals surface area (Å²) in [7, 11) is 0. The van der Waals surface area contributed by atoms with Crippen molar-refractivity contribution >= 4 is 17.9 Å². The van der Waals surface area contributed by atoms with Crippen molar-refractivity contribution in [2.75, 3.05) is 19.6 Å². The Morgan fingerprint density at radius 2 is 1.74 bits per heavy atom. The highest BCUT2D eigenvalue weighted by molar-refractivity contribution is 5.83. The van der Waals surface area contributed by atoms with Crippen molar-refractivity contribution in [2.45, 2.75) is 39.7 Å². The van der Waals surface area contributed by atoms with Crippen LogP contribution in [0.2, 0.25) is 0 Å². The van der Waals surface area contributed by atoms with Crippen LogP contribution in [0, 0.1) is 0 Å². The van der Waals surface area contributed by atoms with Gasteiger partial charge in [-0.05, 0) is 20.3 Å². The summed E-state index contributed by atoms with van der Waals surface area (Å²) in [5.74, 6) is -1.10. The van der Waals surface area contributed by atoms with Gasteiger partial charge in [0.25, 0.3) is 0 Å². The number of nitrogens with zero attached hydrogens (tertiary/aromatic N) is 1. The third kappa shape index (κ3) is 6.64. The molecule has 0 aliphatic carbocycles. The van der Waals surface area contributed by atoms with Crippen molar-refractivity contribution in [2.24, 2.45) is 0 Å². The summed E-state index contributed by atoms with van der Waals surface area (Å²) in [4.78, 5) is 35.4. The van der Waals surface area contributed by atoms with Crippen LogP contribution in [0.15, 0.2) is 0 Å². The zero-order chi connectivity index (χ0) is 14.8. The van der Waals surface area contributed by atoms with Crippen LogP contribution in [0.4, 0.5) is 4.79 Å². The molecule has 1 atom stereocenters. The zero-order valence-corrected chi connectivity index (χ0v) is 11.7. The highest BCUT2D eigenvalue weighted by Crippen LogP contribution is 1.93. The van der Waals surface area contributed by atoms with E-state index in [0.29, 0.717) is 19.5 Å². The molecule has 0 aromatic rings. The third-order valence-corrected chi connectivity index (χ3v) is 2.75. The van der Waals surface area contributed by atoms with E-state index in [1.54, 1.807) is 11.8 Å². The Balaban J connectivity index is 3.98. The Morgan fingerprint density at radius 1 is 1.16 bits per heavy atom. The van der Waals surface area contributed by atoms with E-state index in [4.69, 9.17) is 5.11 Å². The minimum Gasteiger partial charge on any atom is -0.480 e. The molecule has 0 aliphatic heterocycles. The van der Waals surface area contributed by atoms with Gasteiger partial charge in [-0.15, -0.1) is 0 Å². The molecule has 0 aliphatic rings. The molecule has 0 saturated carbocycles. The van der Waals surface area contributed by atoms with Crippen LogP contribution in [-0.4, -0.2) is 53.6 Å². The van der Waals surface area contributed by atoms with Crippen LogP contribution < -0.4 is 10.6 Å². The molecular formula is C12H23N3O4. The fourth-order valence-electron chi connectivity index (χ4n) is 1.57. The minimum absolute atomic E-state index is 0.0319. The predicted octanol–water partition coefficient (Wildman–Crippen LogP) is 0.407. The standard InChI is InChI=1S/C12H23N3O4/c1-4-9(11(17)18)14-12(19)13-8-7-10(16)15(5-2)6-3/h9H,4-8H2,1-3H3,(H,17,18)(H2,13,14,19)/t9-/m1/s1. The van der Waals surface area contributed by atoms with E-state index in [2.05, 4.69) is 10.6 Å². The molecule has 110 valence electrons. The average Bonchev–Trinajstić information content (AvgIpc) is 2.37. The van der Waals surface area contributed by atoms with Crippen molar-refractivity contribution in [3.05, 3.63) is 0 Å². The lowest BCUT2D eigenvalue weighted by Gasteiger charge is -2.19. The van der Waals surface area contributed by atoms with Crippen LogP contribution in [0.1, 0.15) is 33.6 Å². The number of rotatable bonds is 8. The van der Waals surface area contributed by atoms with Crippen molar-refractivity contribution in [3.8, 4) is 0 Å². The van der Waals surface area contributed by atoms with Crippen LogP contribution in [0.5, 0.6) is 0 Å². The molecule has 0 radical (unpaired) electrons. The molecular weight excluding hydrogens is 250 g/mol. The van der Waals surface area contributed by atoms with Crippen molar-refractivity contribution in [1.82, 2.24) is 15.5 Å². The van der Waals surface area contributed by atoms with Gasteiger partial charge >= 0.3 is 12.0 Å². The third-order valence-electron chi connectivity index (χ3n) is 2.75. The molecule has 7 nitrogen and oxygen atoms in total. The normalized spacial score (nSPS) is 11.5. The first kappa shape index (κ1) is 17.2. The number of nitrogens with one attached hydrogen (secondary N) is 2. The summed E-state index contributed by atoms with van der Waals surface area (Å²) in [6.07, 6.45) is 0.514. The van der Waals surface area contributed by atoms with Gasteiger partial charge in [-0.3, -0.25) is 4.79 Å². The van der Waals surface area contributed by atoms with Gasteiger partial charge in [0.2, 0.25) is 5.91 Å². The largest absolute Gasteiger partial charge is 0.480 e. The molecule has 0 unspecified atom stereocenters. The second kappa shape index (κ2) is 9.18. The summed E-state index contributed by atoms with van der Waals surface area (Å²) in [6.45, 7) is 6.91. The van der Waals surface area contributed by atoms with Crippen LogP contribution in [-0.2, 0) is 9.59 Å². The topological polar surface area (TPSA) is 98.7 Å². The smallest absolute Gasteiger partial charge is 0.326 e. The maximum Gasteiger partial charge on any atom is 0.326 e. The highest BCUT2D eigenvalue weighted by Gasteiger charge is 2.17. The minimum atomic E-state index is -1.07. The Morgan fingerprint density at radius 3 is 2.16 bits per heavy atom. The van der Waals surface area contributed by atoms with Gasteiger partial charge in [0.1, 0.15) is 6.04 Å². The fraction of sp³-hybridized carbons (Fsp3) is 0.750. The number of carboxylic acids is 1. The average molecular weight is 273 g/mol. The first-order valence-electron chi connectivity index (χ1n) is 6.51. The van der Waals surface area contributed by atoms with Gasteiger partial charge in [-0.25, -0.2) is 9.59 Å². The lowest BCUT2D eigenvalue weighted by Crippen LogP contribution is -2.46. The predicted molar refractivity (Wildman–Crippen MR) is 70.8 cm³/mol. The van der Waals surface area contributed by atoms with Gasteiger partial charge in [-0.1, -0.05) is 6.92 Å². The maximum atomic E-state index is 11.6. The lowest BCUT2D eigenvalue weighted by atomic mass is 10.2. The van der Waals surface area contributed by atoms with Gasteiger partial charge in [0.15, 0.2) is 0 Å². The number of carbonyl (C=O) groups excluding carboxylic acids is 2. The monoisotopic (exact) mass is 273 g/mol. The number of carboxylic acid groups (broad SMARTS) is 1. The fourth-order valence-corrected chi connectivity index (χ4v) is 1.57. The zero-order valence-electron chi connectivity index (χ0n) is 11.7. The second-order valence-corrected chi connectivity index (χ2v) is 4.02. The van der Waals surface area contributed by atoms with Crippen molar-refractivity contribution in [3.63, 3.8) is 0 Å². The van der Waals surface area contributed by atoms with E-state index >= 15 is 0 Å². The molecule has 3 N–H and O–H groups in total. The van der Waals surface area contributed by atoms with E-state index < -0.39 is 18.0 Å². The number of amides is 3. The number of carbonyl (C=O) groups is 3. The number of hydrogen-bond donors (Lipinski definition) is 3. The van der Waals surface area contributed by atoms with E-state index in [-0.39, 0.29) is 18.9 Å².